The Balaban J connectivity index is 2.29. The zero-order valence-electron chi connectivity index (χ0n) is 9.77. The molecule has 0 fully saturated rings. The third-order valence-electron chi connectivity index (χ3n) is 2.59. The summed E-state index contributed by atoms with van der Waals surface area (Å²) in [6.07, 6.45) is 3.88. The molecule has 2 aromatic rings. The predicted molar refractivity (Wildman–Crippen MR) is 66.3 cm³/mol. The SMILES string of the molecule is CNCCn1ccnc1-c1cccc(C)c1. The predicted octanol–water partition coefficient (Wildman–Crippen LogP) is 2.08. The number of nitrogens with zero attached hydrogens (tertiary/aromatic N) is 2. The van der Waals surface area contributed by atoms with Gasteiger partial charge in [0, 0.05) is 31.0 Å². The average molecular weight is 215 g/mol. The second-order valence-electron chi connectivity index (χ2n) is 3.92. The highest BCUT2D eigenvalue weighted by molar-refractivity contribution is 5.56. The molecule has 0 atom stereocenters. The summed E-state index contributed by atoms with van der Waals surface area (Å²) in [6.45, 7) is 4.00. The van der Waals surface area contributed by atoms with Gasteiger partial charge in [-0.3, -0.25) is 0 Å². The summed E-state index contributed by atoms with van der Waals surface area (Å²) in [7, 11) is 1.96. The van der Waals surface area contributed by atoms with Crippen molar-refractivity contribution in [1.82, 2.24) is 14.9 Å². The van der Waals surface area contributed by atoms with E-state index < -0.39 is 0 Å². The first-order chi connectivity index (χ1) is 7.81. The van der Waals surface area contributed by atoms with Crippen molar-refractivity contribution in [3.8, 4) is 11.4 Å². The normalized spacial score (nSPS) is 10.6. The molecule has 1 aromatic heterocycles. The van der Waals surface area contributed by atoms with E-state index in [1.807, 2.05) is 19.4 Å². The molecule has 1 aromatic carbocycles. The van der Waals surface area contributed by atoms with Crippen LogP contribution in [0.5, 0.6) is 0 Å². The Hall–Kier alpha value is -1.61. The first kappa shape index (κ1) is 10.9. The van der Waals surface area contributed by atoms with Crippen molar-refractivity contribution >= 4 is 0 Å². The van der Waals surface area contributed by atoms with Crippen LogP contribution < -0.4 is 5.32 Å². The van der Waals surface area contributed by atoms with Gasteiger partial charge in [-0.05, 0) is 20.0 Å². The summed E-state index contributed by atoms with van der Waals surface area (Å²) in [6, 6.07) is 8.44. The number of nitrogens with one attached hydrogen (secondary N) is 1. The third-order valence-corrected chi connectivity index (χ3v) is 2.59. The minimum Gasteiger partial charge on any atom is -0.330 e. The molecule has 0 unspecified atom stereocenters. The summed E-state index contributed by atoms with van der Waals surface area (Å²) in [5.41, 5.74) is 2.45. The molecule has 1 heterocycles. The lowest BCUT2D eigenvalue weighted by molar-refractivity contribution is 0.649. The molecule has 0 bridgehead atoms. The number of likely N-dealkylation sites (N-methyl/N-ethyl adjacent to an activating group) is 1. The van der Waals surface area contributed by atoms with Gasteiger partial charge in [-0.2, -0.15) is 0 Å². The van der Waals surface area contributed by atoms with E-state index in [2.05, 4.69) is 46.1 Å². The van der Waals surface area contributed by atoms with Crippen LogP contribution in [-0.2, 0) is 6.54 Å². The Kier molecular flexibility index (Phi) is 3.37. The van der Waals surface area contributed by atoms with Gasteiger partial charge in [-0.1, -0.05) is 23.8 Å². The van der Waals surface area contributed by atoms with Gasteiger partial charge in [-0.15, -0.1) is 0 Å². The van der Waals surface area contributed by atoms with Gasteiger partial charge in [0.25, 0.3) is 0 Å². The van der Waals surface area contributed by atoms with Crippen LogP contribution in [0.2, 0.25) is 0 Å². The molecular weight excluding hydrogens is 198 g/mol. The van der Waals surface area contributed by atoms with Gasteiger partial charge >= 0.3 is 0 Å². The quantitative estimate of drug-likeness (QED) is 0.846. The fraction of sp³-hybridized carbons (Fsp3) is 0.308. The highest BCUT2D eigenvalue weighted by Crippen LogP contribution is 2.18. The fourth-order valence-electron chi connectivity index (χ4n) is 1.77. The smallest absolute Gasteiger partial charge is 0.139 e. The maximum atomic E-state index is 4.42. The molecule has 0 saturated carbocycles. The third kappa shape index (κ3) is 2.31. The van der Waals surface area contributed by atoms with Crippen molar-refractivity contribution in [2.45, 2.75) is 13.5 Å². The first-order valence-electron chi connectivity index (χ1n) is 5.54. The molecule has 0 radical (unpaired) electrons. The zero-order valence-corrected chi connectivity index (χ0v) is 9.77. The van der Waals surface area contributed by atoms with Crippen LogP contribution in [0.3, 0.4) is 0 Å². The fourth-order valence-corrected chi connectivity index (χ4v) is 1.77. The summed E-state index contributed by atoms with van der Waals surface area (Å²) in [5.74, 6) is 1.04. The van der Waals surface area contributed by atoms with Crippen LogP contribution in [-0.4, -0.2) is 23.1 Å². The standard InChI is InChI=1S/C13H17N3/c1-11-4-3-5-12(10-11)13-15-7-9-16(13)8-6-14-2/h3-5,7,9-10,14H,6,8H2,1-2H3. The monoisotopic (exact) mass is 215 g/mol. The van der Waals surface area contributed by atoms with Gasteiger partial charge in [-0.25, -0.2) is 4.98 Å². The average Bonchev–Trinajstić information content (AvgIpc) is 2.74. The maximum absolute atomic E-state index is 4.42. The van der Waals surface area contributed by atoms with Gasteiger partial charge in [0.05, 0.1) is 0 Å². The molecule has 2 rings (SSSR count). The van der Waals surface area contributed by atoms with E-state index in [9.17, 15) is 0 Å². The topological polar surface area (TPSA) is 29.9 Å². The Bertz CT molecular complexity index is 460. The van der Waals surface area contributed by atoms with E-state index in [1.165, 1.54) is 11.1 Å². The number of hydrogen-bond donors (Lipinski definition) is 1. The van der Waals surface area contributed by atoms with E-state index in [1.54, 1.807) is 0 Å². The molecule has 16 heavy (non-hydrogen) atoms. The number of benzene rings is 1. The maximum Gasteiger partial charge on any atom is 0.139 e. The van der Waals surface area contributed by atoms with Crippen LogP contribution >= 0.6 is 0 Å². The molecule has 0 aliphatic carbocycles. The lowest BCUT2D eigenvalue weighted by Gasteiger charge is -2.07. The summed E-state index contributed by atoms with van der Waals surface area (Å²) < 4.78 is 2.17. The molecule has 0 saturated heterocycles. The molecular formula is C13H17N3. The summed E-state index contributed by atoms with van der Waals surface area (Å²) in [5, 5.41) is 3.15. The summed E-state index contributed by atoms with van der Waals surface area (Å²) in [4.78, 5) is 4.42. The number of aromatic nitrogens is 2. The van der Waals surface area contributed by atoms with Gasteiger partial charge in [0.1, 0.15) is 5.82 Å². The van der Waals surface area contributed by atoms with Crippen LogP contribution in [0.4, 0.5) is 0 Å². The molecule has 0 aliphatic rings. The van der Waals surface area contributed by atoms with Gasteiger partial charge in [0.2, 0.25) is 0 Å². The van der Waals surface area contributed by atoms with Crippen LogP contribution in [0.1, 0.15) is 5.56 Å². The molecule has 3 heteroatoms. The lowest BCUT2D eigenvalue weighted by Crippen LogP contribution is -2.15. The minimum absolute atomic E-state index is 0.944. The van der Waals surface area contributed by atoms with E-state index in [0.717, 1.165) is 18.9 Å². The number of imidazole rings is 1. The van der Waals surface area contributed by atoms with Crippen LogP contribution in [0.25, 0.3) is 11.4 Å². The van der Waals surface area contributed by atoms with E-state index in [0.29, 0.717) is 0 Å². The molecule has 0 amide bonds. The summed E-state index contributed by atoms with van der Waals surface area (Å²) >= 11 is 0. The van der Waals surface area contributed by atoms with E-state index in [4.69, 9.17) is 0 Å². The first-order valence-corrected chi connectivity index (χ1v) is 5.54. The van der Waals surface area contributed by atoms with Gasteiger partial charge < -0.3 is 9.88 Å². The number of hydrogen-bond acceptors (Lipinski definition) is 2. The minimum atomic E-state index is 0.944. The lowest BCUT2D eigenvalue weighted by atomic mass is 10.1. The van der Waals surface area contributed by atoms with Crippen molar-refractivity contribution in [3.63, 3.8) is 0 Å². The second kappa shape index (κ2) is 4.94. The van der Waals surface area contributed by atoms with Crippen LogP contribution in [0, 0.1) is 6.92 Å². The molecule has 84 valence electrons. The largest absolute Gasteiger partial charge is 0.330 e. The molecule has 1 N–H and O–H groups in total. The highest BCUT2D eigenvalue weighted by Gasteiger charge is 2.04. The number of rotatable bonds is 4. The molecule has 0 aliphatic heterocycles. The molecule has 3 nitrogen and oxygen atoms in total. The Morgan fingerprint density at radius 1 is 1.38 bits per heavy atom. The van der Waals surface area contributed by atoms with Crippen molar-refractivity contribution in [2.75, 3.05) is 13.6 Å². The van der Waals surface area contributed by atoms with Crippen molar-refractivity contribution in [1.29, 1.82) is 0 Å². The zero-order chi connectivity index (χ0) is 11.4. The van der Waals surface area contributed by atoms with Crippen molar-refractivity contribution < 1.29 is 0 Å². The van der Waals surface area contributed by atoms with E-state index in [-0.39, 0.29) is 0 Å². The van der Waals surface area contributed by atoms with Crippen LogP contribution in [0.15, 0.2) is 36.7 Å². The number of aryl methyl sites for hydroxylation is 1. The highest BCUT2D eigenvalue weighted by atomic mass is 15.1. The molecule has 0 spiro atoms. The van der Waals surface area contributed by atoms with E-state index >= 15 is 0 Å². The van der Waals surface area contributed by atoms with Crippen molar-refractivity contribution in [2.24, 2.45) is 0 Å². The van der Waals surface area contributed by atoms with Crippen molar-refractivity contribution in [3.05, 3.63) is 42.2 Å². The second-order valence-corrected chi connectivity index (χ2v) is 3.92. The van der Waals surface area contributed by atoms with Gasteiger partial charge in [0.15, 0.2) is 0 Å². The Morgan fingerprint density at radius 2 is 2.25 bits per heavy atom. The Labute approximate surface area is 96.1 Å². The Morgan fingerprint density at radius 3 is 3.00 bits per heavy atom.